The van der Waals surface area contributed by atoms with Gasteiger partial charge in [0, 0.05) is 16.5 Å². The highest BCUT2D eigenvalue weighted by atomic mass is 32.1. The van der Waals surface area contributed by atoms with Crippen molar-refractivity contribution in [3.63, 3.8) is 0 Å². The Hall–Kier alpha value is -4.23. The number of aryl methyl sites for hydroxylation is 1. The zero-order valence-electron chi connectivity index (χ0n) is 18.1. The first kappa shape index (κ1) is 24.9. The van der Waals surface area contributed by atoms with Gasteiger partial charge in [0.1, 0.15) is 29.0 Å². The monoisotopic (exact) mass is 523 g/mol. The molecule has 0 amide bonds. The van der Waals surface area contributed by atoms with Gasteiger partial charge in [-0.05, 0) is 36.7 Å². The Bertz CT molecular complexity index is 1510. The molecule has 15 heteroatoms. The SMILES string of the molecule is Cc1nc(C(N=[N+]=[N-])C(F)F)sc1Oc1ccc(-n2ncn(Cc3c(F)cccc3F)c2=O)cc1F. The Morgan fingerprint density at radius 3 is 2.53 bits per heavy atom. The number of rotatable bonds is 8. The zero-order chi connectivity index (χ0) is 26.0. The number of ether oxygens (including phenoxy) is 1. The Morgan fingerprint density at radius 2 is 1.89 bits per heavy atom. The van der Waals surface area contributed by atoms with Crippen LogP contribution < -0.4 is 10.4 Å². The quantitative estimate of drug-likeness (QED) is 0.128. The van der Waals surface area contributed by atoms with Crippen LogP contribution in [-0.4, -0.2) is 25.8 Å². The second-order valence-electron chi connectivity index (χ2n) is 7.28. The molecule has 9 nitrogen and oxygen atoms in total. The number of nitrogens with zero attached hydrogens (tertiary/aromatic N) is 7. The van der Waals surface area contributed by atoms with Gasteiger partial charge >= 0.3 is 5.69 Å². The van der Waals surface area contributed by atoms with Crippen LogP contribution in [0.2, 0.25) is 0 Å². The van der Waals surface area contributed by atoms with E-state index in [2.05, 4.69) is 20.1 Å². The van der Waals surface area contributed by atoms with E-state index in [1.54, 1.807) is 0 Å². The summed E-state index contributed by atoms with van der Waals surface area (Å²) in [6, 6.07) is 4.92. The van der Waals surface area contributed by atoms with Crippen LogP contribution in [0.25, 0.3) is 16.1 Å². The first-order chi connectivity index (χ1) is 17.2. The molecule has 0 aliphatic rings. The molecule has 4 aromatic rings. The summed E-state index contributed by atoms with van der Waals surface area (Å²) in [5.74, 6) is -2.87. The minimum Gasteiger partial charge on any atom is -0.442 e. The molecule has 0 saturated carbocycles. The fraction of sp³-hybridized carbons (Fsp3) is 0.190. The highest BCUT2D eigenvalue weighted by molar-refractivity contribution is 7.13. The number of thiazole rings is 1. The maximum Gasteiger partial charge on any atom is 0.350 e. The van der Waals surface area contributed by atoms with Gasteiger partial charge in [-0.3, -0.25) is 4.57 Å². The minimum atomic E-state index is -3.00. The Kier molecular flexibility index (Phi) is 7.03. The average Bonchev–Trinajstić information content (AvgIpc) is 3.37. The number of alkyl halides is 2. The van der Waals surface area contributed by atoms with Crippen molar-refractivity contribution in [2.24, 2.45) is 5.11 Å². The van der Waals surface area contributed by atoms with E-state index < -0.39 is 42.2 Å². The van der Waals surface area contributed by atoms with Gasteiger partial charge in [0.25, 0.3) is 6.43 Å². The molecule has 2 aromatic heterocycles. The third kappa shape index (κ3) is 4.92. The molecule has 36 heavy (non-hydrogen) atoms. The van der Waals surface area contributed by atoms with Gasteiger partial charge in [-0.1, -0.05) is 22.5 Å². The van der Waals surface area contributed by atoms with E-state index >= 15 is 0 Å². The van der Waals surface area contributed by atoms with Crippen LogP contribution in [0, 0.1) is 24.4 Å². The first-order valence-corrected chi connectivity index (χ1v) is 10.9. The van der Waals surface area contributed by atoms with E-state index in [1.165, 1.54) is 25.1 Å². The summed E-state index contributed by atoms with van der Waals surface area (Å²) in [4.78, 5) is 19.0. The summed E-state index contributed by atoms with van der Waals surface area (Å²) in [5, 5.41) is 6.70. The summed E-state index contributed by atoms with van der Waals surface area (Å²) in [6.07, 6.45) is -1.94. The third-order valence-corrected chi connectivity index (χ3v) is 6.03. The summed E-state index contributed by atoms with van der Waals surface area (Å²) in [5.41, 5.74) is 7.56. The molecule has 4 rings (SSSR count). The van der Waals surface area contributed by atoms with Crippen molar-refractivity contribution >= 4 is 11.3 Å². The topological polar surface area (TPSA) is 111 Å². The second kappa shape index (κ2) is 10.2. The van der Waals surface area contributed by atoms with E-state index in [-0.39, 0.29) is 32.8 Å². The molecule has 1 unspecified atom stereocenters. The number of hydrogen-bond acceptors (Lipinski definition) is 6. The summed E-state index contributed by atoms with van der Waals surface area (Å²) >= 11 is 0.672. The van der Waals surface area contributed by atoms with Crippen LogP contribution in [0.3, 0.4) is 0 Å². The van der Waals surface area contributed by atoms with Crippen LogP contribution in [-0.2, 0) is 6.54 Å². The molecule has 186 valence electrons. The van der Waals surface area contributed by atoms with Gasteiger partial charge in [-0.15, -0.1) is 0 Å². The van der Waals surface area contributed by atoms with Crippen molar-refractivity contribution in [2.75, 3.05) is 0 Å². The van der Waals surface area contributed by atoms with Crippen LogP contribution in [0.5, 0.6) is 10.8 Å². The molecular weight excluding hydrogens is 509 g/mol. The number of azide groups is 1. The van der Waals surface area contributed by atoms with Gasteiger partial charge in [0.2, 0.25) is 5.06 Å². The molecule has 0 fully saturated rings. The highest BCUT2D eigenvalue weighted by Gasteiger charge is 2.26. The molecule has 0 N–H and O–H groups in total. The molecule has 0 aliphatic heterocycles. The molecule has 0 saturated heterocycles. The number of aromatic nitrogens is 4. The van der Waals surface area contributed by atoms with Crippen molar-refractivity contribution in [1.29, 1.82) is 0 Å². The van der Waals surface area contributed by atoms with Gasteiger partial charge in [0.15, 0.2) is 11.6 Å². The first-order valence-electron chi connectivity index (χ1n) is 10.0. The van der Waals surface area contributed by atoms with Gasteiger partial charge in [-0.2, -0.15) is 9.78 Å². The number of halogens is 5. The predicted octanol–water partition coefficient (Wildman–Crippen LogP) is 5.67. The maximum absolute atomic E-state index is 14.8. The summed E-state index contributed by atoms with van der Waals surface area (Å²) in [7, 11) is 0. The minimum absolute atomic E-state index is 0.000410. The van der Waals surface area contributed by atoms with E-state index in [0.29, 0.717) is 11.3 Å². The molecule has 0 spiro atoms. The van der Waals surface area contributed by atoms with Crippen LogP contribution in [0.4, 0.5) is 22.0 Å². The highest BCUT2D eigenvalue weighted by Crippen LogP contribution is 2.38. The molecule has 2 aromatic carbocycles. The van der Waals surface area contributed by atoms with Crippen LogP contribution in [0.15, 0.2) is 52.6 Å². The lowest BCUT2D eigenvalue weighted by atomic mass is 10.2. The van der Waals surface area contributed by atoms with Crippen molar-refractivity contribution in [2.45, 2.75) is 25.9 Å². The standard InChI is InChI=1S/C21H14F5N7O2S/c1-10-20(36-19(29-10)17(18(25)26)30-31-27)35-16-6-5-11(7-15(16)24)33-21(34)32(9-28-33)8-12-13(22)3-2-4-14(12)23/h2-7,9,17-18H,8H2,1H3. The molecule has 1 atom stereocenters. The predicted molar refractivity (Wildman–Crippen MR) is 118 cm³/mol. The van der Waals surface area contributed by atoms with Crippen LogP contribution >= 0.6 is 11.3 Å². The zero-order valence-corrected chi connectivity index (χ0v) is 19.0. The fourth-order valence-electron chi connectivity index (χ4n) is 3.16. The summed E-state index contributed by atoms with van der Waals surface area (Å²) in [6.45, 7) is 1.02. The third-order valence-electron chi connectivity index (χ3n) is 4.92. The Morgan fingerprint density at radius 1 is 1.17 bits per heavy atom. The summed E-state index contributed by atoms with van der Waals surface area (Å²) < 4.78 is 76.1. The lowest BCUT2D eigenvalue weighted by Crippen LogP contribution is -2.24. The smallest absolute Gasteiger partial charge is 0.350 e. The normalized spacial score (nSPS) is 12.0. The van der Waals surface area contributed by atoms with Crippen molar-refractivity contribution in [1.82, 2.24) is 19.3 Å². The van der Waals surface area contributed by atoms with Crippen molar-refractivity contribution < 1.29 is 26.7 Å². The molecular formula is C21H14F5N7O2S. The van der Waals surface area contributed by atoms with E-state index in [1.807, 2.05) is 0 Å². The Balaban J connectivity index is 1.58. The van der Waals surface area contributed by atoms with Crippen molar-refractivity contribution in [3.05, 3.63) is 97.4 Å². The van der Waals surface area contributed by atoms with E-state index in [4.69, 9.17) is 10.3 Å². The van der Waals surface area contributed by atoms with E-state index in [0.717, 1.165) is 33.8 Å². The average molecular weight is 523 g/mol. The molecule has 2 heterocycles. The fourth-order valence-corrected chi connectivity index (χ4v) is 4.13. The number of hydrogen-bond donors (Lipinski definition) is 0. The molecule has 0 bridgehead atoms. The van der Waals surface area contributed by atoms with E-state index in [9.17, 15) is 26.7 Å². The van der Waals surface area contributed by atoms with Gasteiger partial charge < -0.3 is 4.74 Å². The van der Waals surface area contributed by atoms with Gasteiger partial charge in [0.05, 0.1) is 17.9 Å². The lowest BCUT2D eigenvalue weighted by Gasteiger charge is -2.07. The molecule has 0 radical (unpaired) electrons. The van der Waals surface area contributed by atoms with Crippen LogP contribution in [0.1, 0.15) is 22.3 Å². The number of benzene rings is 2. The Labute approximate surface area is 202 Å². The van der Waals surface area contributed by atoms with Gasteiger partial charge in [-0.25, -0.2) is 31.7 Å². The lowest BCUT2D eigenvalue weighted by molar-refractivity contribution is 0.116. The maximum atomic E-state index is 14.8. The van der Waals surface area contributed by atoms with Crippen molar-refractivity contribution in [3.8, 4) is 16.5 Å². The molecule has 0 aliphatic carbocycles. The largest absolute Gasteiger partial charge is 0.442 e. The second-order valence-corrected chi connectivity index (χ2v) is 8.27.